The third-order valence-electron chi connectivity index (χ3n) is 4.48. The van der Waals surface area contributed by atoms with E-state index in [-0.39, 0.29) is 0 Å². The fourth-order valence-electron chi connectivity index (χ4n) is 3.66. The molecular weight excluding hydrogens is 302 g/mol. The first-order chi connectivity index (χ1) is 9.26. The molecule has 2 saturated heterocycles. The molecule has 0 radical (unpaired) electrons. The molecule has 1 aromatic rings. The molecule has 19 heavy (non-hydrogen) atoms. The maximum Gasteiger partial charge on any atom is 0.0623 e. The van der Waals surface area contributed by atoms with Crippen LogP contribution in [-0.2, 0) is 11.2 Å². The van der Waals surface area contributed by atoms with E-state index in [0.29, 0.717) is 24.2 Å². The van der Waals surface area contributed by atoms with Crippen LogP contribution in [0.4, 0.5) is 0 Å². The molecule has 4 unspecified atom stereocenters. The number of rotatable bonds is 5. The predicted octanol–water partition coefficient (Wildman–Crippen LogP) is 3.54. The quantitative estimate of drug-likeness (QED) is 0.894. The van der Waals surface area contributed by atoms with Crippen LogP contribution >= 0.6 is 15.9 Å². The van der Waals surface area contributed by atoms with Crippen LogP contribution in [0.15, 0.2) is 28.7 Å². The van der Waals surface area contributed by atoms with Gasteiger partial charge < -0.3 is 10.1 Å². The van der Waals surface area contributed by atoms with Crippen LogP contribution < -0.4 is 5.32 Å². The van der Waals surface area contributed by atoms with Gasteiger partial charge in [-0.05, 0) is 49.9 Å². The summed E-state index contributed by atoms with van der Waals surface area (Å²) in [6.07, 6.45) is 5.92. The molecule has 1 aromatic carbocycles. The van der Waals surface area contributed by atoms with Crippen LogP contribution in [0.25, 0.3) is 0 Å². The molecule has 0 spiro atoms. The Morgan fingerprint density at radius 1 is 1.42 bits per heavy atom. The first-order valence-corrected chi connectivity index (χ1v) is 8.19. The third kappa shape index (κ3) is 3.04. The molecular formula is C16H22BrNO. The molecule has 4 atom stereocenters. The maximum atomic E-state index is 6.02. The highest BCUT2D eigenvalue weighted by Crippen LogP contribution is 2.41. The van der Waals surface area contributed by atoms with Crippen molar-refractivity contribution in [2.45, 2.75) is 50.9 Å². The zero-order chi connectivity index (χ0) is 13.2. The van der Waals surface area contributed by atoms with E-state index in [1.54, 1.807) is 0 Å². The summed E-state index contributed by atoms with van der Waals surface area (Å²) in [5, 5.41) is 3.68. The van der Waals surface area contributed by atoms with Crippen LogP contribution in [0.3, 0.4) is 0 Å². The second-order valence-corrected chi connectivity index (χ2v) is 6.69. The third-order valence-corrected chi connectivity index (χ3v) is 4.97. The smallest absolute Gasteiger partial charge is 0.0623 e. The molecule has 2 aliphatic heterocycles. The molecule has 2 bridgehead atoms. The lowest BCUT2D eigenvalue weighted by atomic mass is 9.81. The number of hydrogen-bond donors (Lipinski definition) is 1. The SMILES string of the molecule is CCNC(Cc1cccc(Br)c1)C1CC2CCC1O2. The molecule has 0 aliphatic carbocycles. The summed E-state index contributed by atoms with van der Waals surface area (Å²) < 4.78 is 7.20. The van der Waals surface area contributed by atoms with Crippen molar-refractivity contribution in [1.82, 2.24) is 5.32 Å². The number of halogens is 1. The summed E-state index contributed by atoms with van der Waals surface area (Å²) in [7, 11) is 0. The Hall–Kier alpha value is -0.380. The van der Waals surface area contributed by atoms with Gasteiger partial charge in [-0.2, -0.15) is 0 Å². The van der Waals surface area contributed by atoms with Crippen LogP contribution in [-0.4, -0.2) is 24.8 Å². The van der Waals surface area contributed by atoms with Crippen molar-refractivity contribution >= 4 is 15.9 Å². The molecule has 104 valence electrons. The largest absolute Gasteiger partial charge is 0.375 e. The minimum atomic E-state index is 0.501. The van der Waals surface area contributed by atoms with E-state index >= 15 is 0 Å². The topological polar surface area (TPSA) is 21.3 Å². The average molecular weight is 324 g/mol. The van der Waals surface area contributed by atoms with Crippen LogP contribution in [0, 0.1) is 5.92 Å². The Labute approximate surface area is 124 Å². The van der Waals surface area contributed by atoms with Crippen molar-refractivity contribution in [3.63, 3.8) is 0 Å². The van der Waals surface area contributed by atoms with Gasteiger partial charge in [0.25, 0.3) is 0 Å². The van der Waals surface area contributed by atoms with Gasteiger partial charge in [0.1, 0.15) is 0 Å². The number of hydrogen-bond acceptors (Lipinski definition) is 2. The van der Waals surface area contributed by atoms with Crippen LogP contribution in [0.1, 0.15) is 31.7 Å². The highest BCUT2D eigenvalue weighted by molar-refractivity contribution is 9.10. The highest BCUT2D eigenvalue weighted by atomic mass is 79.9. The number of ether oxygens (including phenoxy) is 1. The first-order valence-electron chi connectivity index (χ1n) is 7.39. The zero-order valence-electron chi connectivity index (χ0n) is 11.4. The second kappa shape index (κ2) is 5.94. The van der Waals surface area contributed by atoms with Crippen molar-refractivity contribution in [2.75, 3.05) is 6.54 Å². The minimum Gasteiger partial charge on any atom is -0.375 e. The fraction of sp³-hybridized carbons (Fsp3) is 0.625. The fourth-order valence-corrected chi connectivity index (χ4v) is 4.10. The van der Waals surface area contributed by atoms with Gasteiger partial charge in [0.05, 0.1) is 12.2 Å². The predicted molar refractivity (Wildman–Crippen MR) is 81.3 cm³/mol. The van der Waals surface area contributed by atoms with E-state index < -0.39 is 0 Å². The summed E-state index contributed by atoms with van der Waals surface area (Å²) >= 11 is 3.56. The molecule has 0 aromatic heterocycles. The Kier molecular flexibility index (Phi) is 4.25. The summed E-state index contributed by atoms with van der Waals surface area (Å²) in [6.45, 7) is 3.23. The Balaban J connectivity index is 1.70. The Morgan fingerprint density at radius 3 is 2.95 bits per heavy atom. The van der Waals surface area contributed by atoms with Crippen molar-refractivity contribution in [1.29, 1.82) is 0 Å². The van der Waals surface area contributed by atoms with Gasteiger partial charge in [-0.25, -0.2) is 0 Å². The number of likely N-dealkylation sites (N-methyl/N-ethyl adjacent to an activating group) is 1. The van der Waals surface area contributed by atoms with Gasteiger partial charge >= 0.3 is 0 Å². The normalized spacial score (nSPS) is 30.7. The monoisotopic (exact) mass is 323 g/mol. The van der Waals surface area contributed by atoms with Gasteiger partial charge in [0, 0.05) is 16.4 Å². The Bertz CT molecular complexity index is 437. The summed E-state index contributed by atoms with van der Waals surface area (Å²) in [5.74, 6) is 0.692. The van der Waals surface area contributed by atoms with E-state index in [1.165, 1.54) is 29.3 Å². The summed E-state index contributed by atoms with van der Waals surface area (Å²) in [6, 6.07) is 9.22. The molecule has 0 saturated carbocycles. The van der Waals surface area contributed by atoms with E-state index in [4.69, 9.17) is 4.74 Å². The number of benzene rings is 1. The summed E-state index contributed by atoms with van der Waals surface area (Å²) in [5.41, 5.74) is 1.41. The molecule has 3 heteroatoms. The van der Waals surface area contributed by atoms with Crippen molar-refractivity contribution < 1.29 is 4.74 Å². The first kappa shape index (κ1) is 13.6. The maximum absolute atomic E-state index is 6.02. The lowest BCUT2D eigenvalue weighted by molar-refractivity contribution is 0.0858. The van der Waals surface area contributed by atoms with Gasteiger partial charge in [-0.1, -0.05) is 35.0 Å². The lowest BCUT2D eigenvalue weighted by Gasteiger charge is -2.29. The second-order valence-electron chi connectivity index (χ2n) is 5.77. The van der Waals surface area contributed by atoms with Crippen molar-refractivity contribution in [3.05, 3.63) is 34.3 Å². The molecule has 0 amide bonds. The molecule has 2 heterocycles. The van der Waals surface area contributed by atoms with Gasteiger partial charge in [-0.15, -0.1) is 0 Å². The minimum absolute atomic E-state index is 0.501. The van der Waals surface area contributed by atoms with Crippen LogP contribution in [0.2, 0.25) is 0 Å². The molecule has 1 N–H and O–H groups in total. The number of nitrogens with one attached hydrogen (secondary N) is 1. The Morgan fingerprint density at radius 2 is 2.32 bits per heavy atom. The zero-order valence-corrected chi connectivity index (χ0v) is 13.0. The molecule has 3 rings (SSSR count). The van der Waals surface area contributed by atoms with E-state index in [1.807, 2.05) is 0 Å². The average Bonchev–Trinajstić information content (AvgIpc) is 3.00. The molecule has 2 nitrogen and oxygen atoms in total. The summed E-state index contributed by atoms with van der Waals surface area (Å²) in [4.78, 5) is 0. The highest BCUT2D eigenvalue weighted by Gasteiger charge is 2.43. The standard InChI is InChI=1S/C16H22BrNO/c1-2-18-15(9-11-4-3-5-12(17)8-11)14-10-13-6-7-16(14)19-13/h3-5,8,13-16,18H,2,6-7,9-10H2,1H3. The van der Waals surface area contributed by atoms with Crippen molar-refractivity contribution in [2.24, 2.45) is 5.92 Å². The lowest BCUT2D eigenvalue weighted by Crippen LogP contribution is -2.42. The number of fused-ring (bicyclic) bond motifs is 2. The van der Waals surface area contributed by atoms with Crippen LogP contribution in [0.5, 0.6) is 0 Å². The molecule has 2 aliphatic rings. The van der Waals surface area contributed by atoms with E-state index in [2.05, 4.69) is 52.4 Å². The van der Waals surface area contributed by atoms with Gasteiger partial charge in [0.15, 0.2) is 0 Å². The van der Waals surface area contributed by atoms with Gasteiger partial charge in [-0.3, -0.25) is 0 Å². The van der Waals surface area contributed by atoms with E-state index in [0.717, 1.165) is 13.0 Å². The van der Waals surface area contributed by atoms with Crippen molar-refractivity contribution in [3.8, 4) is 0 Å². The van der Waals surface area contributed by atoms with Gasteiger partial charge in [0.2, 0.25) is 0 Å². The molecule has 2 fully saturated rings. The van der Waals surface area contributed by atoms with E-state index in [9.17, 15) is 0 Å².